The molecule has 0 saturated carbocycles. The number of thiazole rings is 1. The van der Waals surface area contributed by atoms with Crippen molar-refractivity contribution in [1.29, 1.82) is 0 Å². The predicted octanol–water partition coefficient (Wildman–Crippen LogP) is 6.61. The van der Waals surface area contributed by atoms with Gasteiger partial charge in [-0.25, -0.2) is 9.78 Å². The highest BCUT2D eigenvalue weighted by atomic mass is 35.5. The van der Waals surface area contributed by atoms with Crippen molar-refractivity contribution in [3.8, 4) is 0 Å². The van der Waals surface area contributed by atoms with E-state index in [1.807, 2.05) is 33.8 Å². The summed E-state index contributed by atoms with van der Waals surface area (Å²) >= 11 is 7.58. The lowest BCUT2D eigenvalue weighted by Gasteiger charge is -2.32. The van der Waals surface area contributed by atoms with Crippen LogP contribution < -0.4 is 4.90 Å². The van der Waals surface area contributed by atoms with Gasteiger partial charge in [-0.1, -0.05) is 51.4 Å². The van der Waals surface area contributed by atoms with E-state index < -0.39 is 23.6 Å². The molecule has 2 atom stereocenters. The maximum atomic E-state index is 13.7. The number of rotatable bonds is 11. The molecule has 1 amide bonds. The molecule has 0 unspecified atom stereocenters. The first-order valence-corrected chi connectivity index (χ1v) is 15.0. The zero-order chi connectivity index (χ0) is 33.0. The van der Waals surface area contributed by atoms with Gasteiger partial charge in [0.25, 0.3) is 5.91 Å². The number of nitrogens with zero attached hydrogens (tertiary/aromatic N) is 2. The molecule has 0 radical (unpaired) electrons. The second kappa shape index (κ2) is 21.8. The molecule has 3 rings (SSSR count). The molecule has 2 heterocycles. The lowest BCUT2D eigenvalue weighted by atomic mass is 9.93. The normalized spacial score (nSPS) is 15.9. The zero-order valence-electron chi connectivity index (χ0n) is 26.3. The van der Waals surface area contributed by atoms with E-state index in [0.29, 0.717) is 40.2 Å². The van der Waals surface area contributed by atoms with Crippen LogP contribution in [-0.2, 0) is 30.2 Å². The highest BCUT2D eigenvalue weighted by molar-refractivity contribution is 7.12. The molecule has 240 valence electrons. The summed E-state index contributed by atoms with van der Waals surface area (Å²) in [5.74, 6) is -1.28. The fourth-order valence-electron chi connectivity index (χ4n) is 3.69. The first kappa shape index (κ1) is 40.1. The van der Waals surface area contributed by atoms with E-state index in [2.05, 4.69) is 27.6 Å². The summed E-state index contributed by atoms with van der Waals surface area (Å²) in [5, 5.41) is 19.9. The molecule has 1 aromatic heterocycles. The van der Waals surface area contributed by atoms with Gasteiger partial charge in [0.15, 0.2) is 0 Å². The number of carbonyl (C=O) groups excluding carboxylic acids is 1. The highest BCUT2D eigenvalue weighted by Gasteiger charge is 2.38. The summed E-state index contributed by atoms with van der Waals surface area (Å²) in [6.07, 6.45) is 6.99. The van der Waals surface area contributed by atoms with E-state index in [4.69, 9.17) is 21.4 Å². The second-order valence-electron chi connectivity index (χ2n) is 9.77. The van der Waals surface area contributed by atoms with Crippen LogP contribution in [0.2, 0.25) is 5.02 Å². The Hall–Kier alpha value is -2.86. The Morgan fingerprint density at radius 1 is 1.21 bits per heavy atom. The molecule has 43 heavy (non-hydrogen) atoms. The van der Waals surface area contributed by atoms with Gasteiger partial charge in [0, 0.05) is 79.7 Å². The number of aliphatic hydroxyl groups excluding tert-OH is 1. The van der Waals surface area contributed by atoms with Crippen LogP contribution in [0.15, 0.2) is 55.8 Å². The summed E-state index contributed by atoms with van der Waals surface area (Å²) in [7, 11) is 4.89. The van der Waals surface area contributed by atoms with Gasteiger partial charge in [-0.05, 0) is 30.7 Å². The Labute approximate surface area is 265 Å². The summed E-state index contributed by atoms with van der Waals surface area (Å²) in [5.41, 5.74) is 0.950. The molecule has 0 aliphatic carbocycles. The fourth-order valence-corrected chi connectivity index (χ4v) is 4.72. The molecular weight excluding hydrogens is 592 g/mol. The maximum Gasteiger partial charge on any atom is 0.328 e. The number of aliphatic hydroxyl groups is 1. The highest BCUT2D eigenvalue weighted by Crippen LogP contribution is 2.39. The number of benzene rings is 1. The Morgan fingerprint density at radius 2 is 1.86 bits per heavy atom. The molecule has 0 bridgehead atoms. The quantitative estimate of drug-likeness (QED) is 0.208. The minimum Gasteiger partial charge on any atom is -0.478 e. The average molecular weight is 639 g/mol. The van der Waals surface area contributed by atoms with Gasteiger partial charge < -0.3 is 29.3 Å². The number of hydrogen-bond donors (Lipinski definition) is 2. The van der Waals surface area contributed by atoms with Crippen LogP contribution >= 0.6 is 22.9 Å². The van der Waals surface area contributed by atoms with Crippen LogP contribution in [0.3, 0.4) is 0 Å². The number of carboxylic acid groups (broad SMARTS) is 1. The van der Waals surface area contributed by atoms with E-state index in [0.717, 1.165) is 11.6 Å². The van der Waals surface area contributed by atoms with E-state index in [1.54, 1.807) is 56.7 Å². The molecule has 2 N–H and O–H groups in total. The smallest absolute Gasteiger partial charge is 0.328 e. The van der Waals surface area contributed by atoms with Gasteiger partial charge in [-0.3, -0.25) is 4.79 Å². The van der Waals surface area contributed by atoms with E-state index in [-0.39, 0.29) is 18.9 Å². The van der Waals surface area contributed by atoms with Gasteiger partial charge in [0.1, 0.15) is 6.10 Å². The zero-order valence-corrected chi connectivity index (χ0v) is 27.9. The second-order valence-corrected chi connectivity index (χ2v) is 11.4. The van der Waals surface area contributed by atoms with Crippen molar-refractivity contribution in [3.63, 3.8) is 0 Å². The Morgan fingerprint density at radius 3 is 2.37 bits per heavy atom. The molecule has 1 aliphatic rings. The van der Waals surface area contributed by atoms with Crippen LogP contribution in [0.1, 0.15) is 55.7 Å². The molecule has 9 nitrogen and oxygen atoms in total. The molecule has 1 aromatic carbocycles. The molecule has 0 saturated heterocycles. The molecule has 0 fully saturated rings. The summed E-state index contributed by atoms with van der Waals surface area (Å²) in [6.45, 7) is 15.9. The van der Waals surface area contributed by atoms with Crippen molar-refractivity contribution in [1.82, 2.24) is 4.98 Å². The largest absolute Gasteiger partial charge is 0.478 e. The van der Waals surface area contributed by atoms with Crippen LogP contribution in [0.25, 0.3) is 6.08 Å². The SMILES string of the molecule is C=CCOC.C=CC[C@H]1O[C@H](Cc2ncc(/C=C/C(=O)O)s2)C(=O)N(CC(C)(C)CO)c2ccc(Cl)cc21.CC.COC. The van der Waals surface area contributed by atoms with Gasteiger partial charge in [-0.2, -0.15) is 0 Å². The van der Waals surface area contributed by atoms with Crippen LogP contribution in [0, 0.1) is 5.41 Å². The fraction of sp³-hybridized carbons (Fsp3) is 0.469. The van der Waals surface area contributed by atoms with Crippen LogP contribution in [0.4, 0.5) is 5.69 Å². The topological polar surface area (TPSA) is 118 Å². The number of methoxy groups -OCH3 is 2. The lowest BCUT2D eigenvalue weighted by molar-refractivity contribution is -0.133. The van der Waals surface area contributed by atoms with Crippen molar-refractivity contribution in [3.05, 3.63) is 76.3 Å². The predicted molar refractivity (Wildman–Crippen MR) is 176 cm³/mol. The van der Waals surface area contributed by atoms with Crippen molar-refractivity contribution >= 4 is 46.6 Å². The standard InChI is InChI=1S/C24H27ClN2O5S.C4H8O.C2H6O.C2H6/c1-4-5-19-17-10-15(25)6-8-18(17)27(13-24(2,3)14-28)23(31)20(32-19)11-21-26-12-16(33-21)7-9-22(29)30;1-3-4-5-2;1-3-2;1-2/h4,6-10,12,19-20,28H,1,5,11,13-14H2,2-3H3,(H,29,30);3H,1,4H2,2H3;1-2H3;1-2H3/b9-7+;;;/t19-,20-;;;/m1.../s1. The average Bonchev–Trinajstić information content (AvgIpc) is 3.40. The van der Waals surface area contributed by atoms with Gasteiger partial charge in [0.2, 0.25) is 0 Å². The number of fused-ring (bicyclic) bond motifs is 1. The maximum absolute atomic E-state index is 13.7. The number of aromatic nitrogens is 1. The first-order chi connectivity index (χ1) is 20.5. The first-order valence-electron chi connectivity index (χ1n) is 13.8. The number of ether oxygens (including phenoxy) is 3. The Kier molecular flexibility index (Phi) is 20.3. The van der Waals surface area contributed by atoms with Crippen molar-refractivity contribution in [2.24, 2.45) is 5.41 Å². The summed E-state index contributed by atoms with van der Waals surface area (Å²) in [6, 6.07) is 5.35. The molecule has 1 aliphatic heterocycles. The minimum atomic E-state index is -1.04. The number of hydrogen-bond acceptors (Lipinski definition) is 8. The van der Waals surface area contributed by atoms with Crippen LogP contribution in [0.5, 0.6) is 0 Å². The van der Waals surface area contributed by atoms with Gasteiger partial charge >= 0.3 is 5.97 Å². The number of halogens is 1. The number of amides is 1. The number of carboxylic acids is 1. The Balaban J connectivity index is 0.00000155. The molecular formula is C32H47ClN2O7S. The summed E-state index contributed by atoms with van der Waals surface area (Å²) in [4.78, 5) is 31.2. The summed E-state index contributed by atoms with van der Waals surface area (Å²) < 4.78 is 15.1. The van der Waals surface area contributed by atoms with Crippen LogP contribution in [-0.4, -0.2) is 74.3 Å². The van der Waals surface area contributed by atoms with Crippen molar-refractivity contribution in [2.45, 2.75) is 52.7 Å². The lowest BCUT2D eigenvalue weighted by Crippen LogP contribution is -2.45. The molecule has 11 heteroatoms. The third-order valence-corrected chi connectivity index (χ3v) is 6.72. The van der Waals surface area contributed by atoms with E-state index in [1.165, 1.54) is 17.4 Å². The van der Waals surface area contributed by atoms with Gasteiger partial charge in [0.05, 0.1) is 17.7 Å². The van der Waals surface area contributed by atoms with Gasteiger partial charge in [-0.15, -0.1) is 24.5 Å². The molecule has 2 aromatic rings. The van der Waals surface area contributed by atoms with E-state index in [9.17, 15) is 14.7 Å². The monoisotopic (exact) mass is 638 g/mol. The van der Waals surface area contributed by atoms with E-state index >= 15 is 0 Å². The minimum absolute atomic E-state index is 0.0902. The molecule has 0 spiro atoms. The Bertz CT molecular complexity index is 1170. The number of carbonyl (C=O) groups is 2. The number of aliphatic carboxylic acids is 1. The number of anilines is 1. The third kappa shape index (κ3) is 14.4. The van der Waals surface area contributed by atoms with Crippen molar-refractivity contribution < 1.29 is 34.0 Å². The van der Waals surface area contributed by atoms with Crippen molar-refractivity contribution in [2.75, 3.05) is 46.0 Å². The third-order valence-electron chi connectivity index (χ3n) is 5.50.